The zero-order chi connectivity index (χ0) is 8.57. The molecule has 0 aliphatic carbocycles. The fourth-order valence-corrected chi connectivity index (χ4v) is 0.214. The molecule has 11 heavy (non-hydrogen) atoms. The molecule has 0 rings (SSSR count). The number of carboxylic acids is 2. The molecule has 0 aromatic rings. The van der Waals surface area contributed by atoms with Crippen LogP contribution in [0.1, 0.15) is 26.7 Å². The first-order chi connectivity index (χ1) is 4.50. The van der Waals surface area contributed by atoms with Crippen LogP contribution >= 0.6 is 0 Å². The molecule has 0 aromatic carbocycles. The second-order valence-corrected chi connectivity index (χ2v) is 1.64. The first-order valence-corrected chi connectivity index (χ1v) is 2.90. The normalized spacial score (nSPS) is 6.73. The van der Waals surface area contributed by atoms with Gasteiger partial charge in [-0.2, -0.15) is 0 Å². The van der Waals surface area contributed by atoms with Gasteiger partial charge in [0.25, 0.3) is 0 Å². The Kier molecular flexibility index (Phi) is 19.6. The summed E-state index contributed by atoms with van der Waals surface area (Å²) in [5.74, 6) is -1.79. The molecule has 0 aromatic heterocycles. The Morgan fingerprint density at radius 2 is 1.73 bits per heavy atom. The second-order valence-electron chi connectivity index (χ2n) is 1.64. The third-order valence-corrected chi connectivity index (χ3v) is 0.464. The van der Waals surface area contributed by atoms with E-state index in [-0.39, 0.29) is 29.6 Å². The van der Waals surface area contributed by atoms with Crippen molar-refractivity contribution in [3.05, 3.63) is 0 Å². The number of rotatable bonds is 2. The average molecular weight is 170 g/mol. The second kappa shape index (κ2) is 12.6. The van der Waals surface area contributed by atoms with E-state index in [4.69, 9.17) is 15.0 Å². The Labute approximate surface area is 87.9 Å². The Balaban J connectivity index is -0.000000114. The van der Waals surface area contributed by atoms with Gasteiger partial charge >= 0.3 is 35.5 Å². The van der Waals surface area contributed by atoms with E-state index >= 15 is 0 Å². The van der Waals surface area contributed by atoms with E-state index in [1.807, 2.05) is 6.92 Å². The van der Waals surface area contributed by atoms with E-state index in [1.165, 1.54) is 0 Å². The quantitative estimate of drug-likeness (QED) is 0.439. The standard InChI is InChI=1S/C4H8O2.C2H4O2.Na/c1-2-3-4(5)6;1-2(3)4;/h2-3H2,1H3,(H,5,6);1H3,(H,3,4);/q;;+1/p-1. The number of carbonyl (C=O) groups excluding carboxylic acids is 1. The SMILES string of the molecule is CC(=O)[O-].CCCC(=O)O.[Na+]. The molecule has 1 N–H and O–H groups in total. The maximum absolute atomic E-state index is 9.60. The molecule has 0 saturated heterocycles. The van der Waals surface area contributed by atoms with Gasteiger partial charge in [-0.3, -0.25) is 4.79 Å². The van der Waals surface area contributed by atoms with E-state index in [0.717, 1.165) is 13.3 Å². The van der Waals surface area contributed by atoms with Gasteiger partial charge in [0, 0.05) is 12.4 Å². The Morgan fingerprint density at radius 3 is 1.73 bits per heavy atom. The smallest absolute Gasteiger partial charge is 0.550 e. The summed E-state index contributed by atoms with van der Waals surface area (Å²) in [7, 11) is 0. The zero-order valence-electron chi connectivity index (χ0n) is 7.09. The predicted molar refractivity (Wildman–Crippen MR) is 33.2 cm³/mol. The molecular weight excluding hydrogens is 159 g/mol. The molecule has 5 heteroatoms. The van der Waals surface area contributed by atoms with Crippen molar-refractivity contribution in [2.45, 2.75) is 26.7 Å². The maximum Gasteiger partial charge on any atom is 1.00 e. The summed E-state index contributed by atoms with van der Waals surface area (Å²) >= 11 is 0. The number of aliphatic carboxylic acids is 2. The van der Waals surface area contributed by atoms with Crippen molar-refractivity contribution >= 4 is 11.9 Å². The summed E-state index contributed by atoms with van der Waals surface area (Å²) in [6.07, 6.45) is 1.02. The Morgan fingerprint density at radius 1 is 1.45 bits per heavy atom. The first-order valence-electron chi connectivity index (χ1n) is 2.90. The molecule has 0 aliphatic rings. The van der Waals surface area contributed by atoms with Gasteiger partial charge in [-0.1, -0.05) is 6.92 Å². The summed E-state index contributed by atoms with van der Waals surface area (Å²) in [5.41, 5.74) is 0. The minimum absolute atomic E-state index is 0. The maximum atomic E-state index is 9.60. The molecule has 0 fully saturated rings. The van der Waals surface area contributed by atoms with Gasteiger partial charge in [0.15, 0.2) is 0 Å². The van der Waals surface area contributed by atoms with E-state index < -0.39 is 11.9 Å². The van der Waals surface area contributed by atoms with Crippen LogP contribution in [0.4, 0.5) is 0 Å². The molecule has 0 aliphatic heterocycles. The van der Waals surface area contributed by atoms with Gasteiger partial charge < -0.3 is 15.0 Å². The molecule has 0 saturated carbocycles. The Bertz CT molecular complexity index is 109. The molecule has 0 radical (unpaired) electrons. The van der Waals surface area contributed by atoms with E-state index in [9.17, 15) is 4.79 Å². The van der Waals surface area contributed by atoms with Gasteiger partial charge in [-0.25, -0.2) is 0 Å². The van der Waals surface area contributed by atoms with E-state index in [1.54, 1.807) is 0 Å². The molecule has 60 valence electrons. The minimum atomic E-state index is -1.08. The van der Waals surface area contributed by atoms with Crippen molar-refractivity contribution in [1.82, 2.24) is 0 Å². The molecule has 0 spiro atoms. The molecular formula is C6H11NaO4. The predicted octanol–water partition coefficient (Wildman–Crippen LogP) is -3.37. The van der Waals surface area contributed by atoms with Crippen LogP contribution < -0.4 is 34.7 Å². The van der Waals surface area contributed by atoms with Crippen LogP contribution in [0.3, 0.4) is 0 Å². The number of hydrogen-bond acceptors (Lipinski definition) is 3. The molecule has 0 atom stereocenters. The first kappa shape index (κ1) is 17.1. The topological polar surface area (TPSA) is 77.4 Å². The van der Waals surface area contributed by atoms with Crippen molar-refractivity contribution < 1.29 is 49.4 Å². The number of carboxylic acid groups (broad SMARTS) is 2. The van der Waals surface area contributed by atoms with Crippen molar-refractivity contribution in [2.75, 3.05) is 0 Å². The van der Waals surface area contributed by atoms with Crippen molar-refractivity contribution in [2.24, 2.45) is 0 Å². The minimum Gasteiger partial charge on any atom is -0.550 e. The Hall–Kier alpha value is -0.0600. The van der Waals surface area contributed by atoms with Gasteiger partial charge in [0.05, 0.1) is 0 Å². The average Bonchev–Trinajstić information content (AvgIpc) is 1.62. The van der Waals surface area contributed by atoms with E-state index in [2.05, 4.69) is 0 Å². The van der Waals surface area contributed by atoms with Gasteiger partial charge in [-0.15, -0.1) is 0 Å². The monoisotopic (exact) mass is 170 g/mol. The molecule has 0 unspecified atom stereocenters. The van der Waals surface area contributed by atoms with Crippen molar-refractivity contribution in [3.8, 4) is 0 Å². The largest absolute Gasteiger partial charge is 1.00 e. The van der Waals surface area contributed by atoms with Crippen LogP contribution in [-0.2, 0) is 9.59 Å². The van der Waals surface area contributed by atoms with Crippen LogP contribution in [0.15, 0.2) is 0 Å². The fraction of sp³-hybridized carbons (Fsp3) is 0.667. The van der Waals surface area contributed by atoms with Gasteiger partial charge in [-0.05, 0) is 13.3 Å². The van der Waals surface area contributed by atoms with Crippen molar-refractivity contribution in [3.63, 3.8) is 0 Å². The van der Waals surface area contributed by atoms with E-state index in [0.29, 0.717) is 6.42 Å². The third-order valence-electron chi connectivity index (χ3n) is 0.464. The third kappa shape index (κ3) is 72.5. The molecule has 0 bridgehead atoms. The van der Waals surface area contributed by atoms with Crippen LogP contribution in [-0.4, -0.2) is 17.0 Å². The van der Waals surface area contributed by atoms with Crippen LogP contribution in [0.5, 0.6) is 0 Å². The fourth-order valence-electron chi connectivity index (χ4n) is 0.214. The molecule has 0 amide bonds. The summed E-state index contributed by atoms with van der Waals surface area (Å²) in [4.78, 5) is 18.5. The van der Waals surface area contributed by atoms with Crippen LogP contribution in [0, 0.1) is 0 Å². The number of hydrogen-bond donors (Lipinski definition) is 1. The summed E-state index contributed by atoms with van der Waals surface area (Å²) in [5, 5.41) is 16.8. The van der Waals surface area contributed by atoms with Gasteiger partial charge in [0.2, 0.25) is 0 Å². The molecule has 4 nitrogen and oxygen atoms in total. The van der Waals surface area contributed by atoms with Gasteiger partial charge in [0.1, 0.15) is 0 Å². The summed E-state index contributed by atoms with van der Waals surface area (Å²) in [6.45, 7) is 2.81. The zero-order valence-corrected chi connectivity index (χ0v) is 9.09. The van der Waals surface area contributed by atoms with Crippen LogP contribution in [0.25, 0.3) is 0 Å². The number of carbonyl (C=O) groups is 2. The summed E-state index contributed by atoms with van der Waals surface area (Å²) < 4.78 is 0. The van der Waals surface area contributed by atoms with Crippen LogP contribution in [0.2, 0.25) is 0 Å². The molecule has 0 heterocycles. The van der Waals surface area contributed by atoms with Crippen molar-refractivity contribution in [1.29, 1.82) is 0 Å². The summed E-state index contributed by atoms with van der Waals surface area (Å²) in [6, 6.07) is 0.